The van der Waals surface area contributed by atoms with E-state index in [2.05, 4.69) is 9.97 Å². The van der Waals surface area contributed by atoms with Gasteiger partial charge in [-0.3, -0.25) is 4.79 Å². The molecule has 0 amide bonds. The molecule has 0 aliphatic heterocycles. The van der Waals surface area contributed by atoms with Crippen LogP contribution in [0.1, 0.15) is 5.82 Å². The SMILES string of the molecule is Cc1nc(Sc2ccccc2N)cc(=O)[nH]1. The zero-order valence-corrected chi connectivity index (χ0v) is 9.54. The molecule has 2 aromatic rings. The molecule has 0 atom stereocenters. The zero-order valence-electron chi connectivity index (χ0n) is 8.73. The summed E-state index contributed by atoms with van der Waals surface area (Å²) in [7, 11) is 0. The number of aryl methyl sites for hydroxylation is 1. The highest BCUT2D eigenvalue weighted by atomic mass is 32.2. The van der Waals surface area contributed by atoms with Gasteiger partial charge in [-0.15, -0.1) is 0 Å². The lowest BCUT2D eigenvalue weighted by molar-refractivity contribution is 0.940. The van der Waals surface area contributed by atoms with Crippen molar-refractivity contribution in [1.82, 2.24) is 9.97 Å². The summed E-state index contributed by atoms with van der Waals surface area (Å²) in [5, 5.41) is 0.652. The first-order chi connectivity index (χ1) is 7.65. The van der Waals surface area contributed by atoms with Crippen molar-refractivity contribution in [1.29, 1.82) is 0 Å². The molecule has 82 valence electrons. The number of anilines is 1. The highest BCUT2D eigenvalue weighted by Gasteiger charge is 2.03. The fraction of sp³-hybridized carbons (Fsp3) is 0.0909. The Bertz CT molecular complexity index is 565. The molecule has 0 saturated heterocycles. The fourth-order valence-electron chi connectivity index (χ4n) is 1.29. The Balaban J connectivity index is 2.34. The van der Waals surface area contributed by atoms with Crippen LogP contribution >= 0.6 is 11.8 Å². The average molecular weight is 233 g/mol. The molecule has 0 radical (unpaired) electrons. The molecule has 0 aliphatic rings. The Morgan fingerprint density at radius 3 is 2.81 bits per heavy atom. The van der Waals surface area contributed by atoms with Gasteiger partial charge in [-0.25, -0.2) is 4.98 Å². The van der Waals surface area contributed by atoms with Crippen molar-refractivity contribution in [2.75, 3.05) is 5.73 Å². The summed E-state index contributed by atoms with van der Waals surface area (Å²) >= 11 is 1.39. The smallest absolute Gasteiger partial charge is 0.251 e. The summed E-state index contributed by atoms with van der Waals surface area (Å²) in [5.74, 6) is 0.601. The Kier molecular flexibility index (Phi) is 2.96. The molecule has 3 N–H and O–H groups in total. The summed E-state index contributed by atoms with van der Waals surface area (Å²) < 4.78 is 0. The Hall–Kier alpha value is -1.75. The maximum atomic E-state index is 11.2. The quantitative estimate of drug-likeness (QED) is 0.613. The lowest BCUT2D eigenvalue weighted by Gasteiger charge is -2.04. The van der Waals surface area contributed by atoms with Gasteiger partial charge in [0.05, 0.1) is 0 Å². The second-order valence-electron chi connectivity index (χ2n) is 3.31. The molecule has 4 nitrogen and oxygen atoms in total. The molecule has 2 rings (SSSR count). The van der Waals surface area contributed by atoms with Crippen LogP contribution in [0.3, 0.4) is 0 Å². The van der Waals surface area contributed by atoms with E-state index in [0.717, 1.165) is 4.90 Å². The molecule has 0 bridgehead atoms. The number of benzene rings is 1. The standard InChI is InChI=1S/C11H11N3OS/c1-7-13-10(15)6-11(14-7)16-9-5-3-2-4-8(9)12/h2-6H,12H2,1H3,(H,13,14,15). The number of para-hydroxylation sites is 1. The predicted octanol–water partition coefficient (Wildman–Crippen LogP) is 1.81. The highest BCUT2D eigenvalue weighted by Crippen LogP contribution is 2.29. The number of rotatable bonds is 2. The number of H-pyrrole nitrogens is 1. The van der Waals surface area contributed by atoms with E-state index in [1.807, 2.05) is 24.3 Å². The minimum atomic E-state index is -0.149. The lowest BCUT2D eigenvalue weighted by Crippen LogP contribution is -2.08. The summed E-state index contributed by atoms with van der Waals surface area (Å²) in [4.78, 5) is 19.0. The molecular weight excluding hydrogens is 222 g/mol. The molecule has 5 heteroatoms. The summed E-state index contributed by atoms with van der Waals surface area (Å²) in [5.41, 5.74) is 6.35. The second-order valence-corrected chi connectivity index (χ2v) is 4.37. The van der Waals surface area contributed by atoms with Crippen LogP contribution in [-0.2, 0) is 0 Å². The van der Waals surface area contributed by atoms with E-state index in [-0.39, 0.29) is 5.56 Å². The number of hydrogen-bond acceptors (Lipinski definition) is 4. The van der Waals surface area contributed by atoms with Gasteiger partial charge in [-0.2, -0.15) is 0 Å². The summed E-state index contributed by atoms with van der Waals surface area (Å²) in [6.45, 7) is 1.75. The van der Waals surface area contributed by atoms with Gasteiger partial charge in [0.15, 0.2) is 0 Å². The Morgan fingerprint density at radius 1 is 1.38 bits per heavy atom. The molecule has 16 heavy (non-hydrogen) atoms. The third-order valence-corrected chi connectivity index (χ3v) is 2.98. The van der Waals surface area contributed by atoms with Crippen molar-refractivity contribution < 1.29 is 0 Å². The zero-order chi connectivity index (χ0) is 11.5. The van der Waals surface area contributed by atoms with Crippen LogP contribution in [-0.4, -0.2) is 9.97 Å². The van der Waals surface area contributed by atoms with Crippen LogP contribution in [0.25, 0.3) is 0 Å². The van der Waals surface area contributed by atoms with Crippen LogP contribution < -0.4 is 11.3 Å². The topological polar surface area (TPSA) is 71.8 Å². The maximum Gasteiger partial charge on any atom is 0.251 e. The molecule has 1 heterocycles. The van der Waals surface area contributed by atoms with Gasteiger partial charge in [0.1, 0.15) is 10.9 Å². The van der Waals surface area contributed by atoms with Gasteiger partial charge >= 0.3 is 0 Å². The van der Waals surface area contributed by atoms with Crippen molar-refractivity contribution in [3.8, 4) is 0 Å². The lowest BCUT2D eigenvalue weighted by atomic mass is 10.3. The molecule has 1 aromatic heterocycles. The number of nitrogen functional groups attached to an aromatic ring is 1. The van der Waals surface area contributed by atoms with Crippen LogP contribution in [0, 0.1) is 6.92 Å². The van der Waals surface area contributed by atoms with E-state index in [4.69, 9.17) is 5.73 Å². The predicted molar refractivity (Wildman–Crippen MR) is 64.6 cm³/mol. The largest absolute Gasteiger partial charge is 0.398 e. The van der Waals surface area contributed by atoms with Crippen molar-refractivity contribution >= 4 is 17.4 Å². The van der Waals surface area contributed by atoms with E-state index < -0.39 is 0 Å². The van der Waals surface area contributed by atoms with Gasteiger partial charge in [0.25, 0.3) is 5.56 Å². The van der Waals surface area contributed by atoms with Crippen molar-refractivity contribution in [3.63, 3.8) is 0 Å². The van der Waals surface area contributed by atoms with Crippen LogP contribution in [0.2, 0.25) is 0 Å². The van der Waals surface area contributed by atoms with E-state index >= 15 is 0 Å². The van der Waals surface area contributed by atoms with Crippen LogP contribution in [0.5, 0.6) is 0 Å². The molecular formula is C11H11N3OS. The number of aromatic amines is 1. The number of nitrogens with zero attached hydrogens (tertiary/aromatic N) is 1. The molecule has 0 saturated carbocycles. The molecule has 0 fully saturated rings. The van der Waals surface area contributed by atoms with E-state index in [0.29, 0.717) is 16.5 Å². The van der Waals surface area contributed by atoms with E-state index in [1.54, 1.807) is 6.92 Å². The van der Waals surface area contributed by atoms with Gasteiger partial charge in [-0.1, -0.05) is 23.9 Å². The van der Waals surface area contributed by atoms with E-state index in [1.165, 1.54) is 17.8 Å². The molecule has 1 aromatic carbocycles. The highest BCUT2D eigenvalue weighted by molar-refractivity contribution is 7.99. The van der Waals surface area contributed by atoms with Crippen molar-refractivity contribution in [2.24, 2.45) is 0 Å². The average Bonchev–Trinajstić information content (AvgIpc) is 2.20. The van der Waals surface area contributed by atoms with Gasteiger partial charge in [-0.05, 0) is 19.1 Å². The first-order valence-corrected chi connectivity index (χ1v) is 5.57. The third kappa shape index (κ3) is 2.43. The number of nitrogens with two attached hydrogens (primary N) is 1. The Labute approximate surface area is 96.9 Å². The van der Waals surface area contributed by atoms with Gasteiger partial charge < -0.3 is 10.7 Å². The van der Waals surface area contributed by atoms with Gasteiger partial charge in [0.2, 0.25) is 0 Å². The maximum absolute atomic E-state index is 11.2. The summed E-state index contributed by atoms with van der Waals surface area (Å²) in [6.07, 6.45) is 0. The minimum Gasteiger partial charge on any atom is -0.398 e. The van der Waals surface area contributed by atoms with Gasteiger partial charge in [0, 0.05) is 16.6 Å². The number of aromatic nitrogens is 2. The van der Waals surface area contributed by atoms with Crippen LogP contribution in [0.4, 0.5) is 5.69 Å². The second kappa shape index (κ2) is 4.40. The minimum absolute atomic E-state index is 0.149. The number of hydrogen-bond donors (Lipinski definition) is 2. The number of nitrogens with one attached hydrogen (secondary N) is 1. The normalized spacial score (nSPS) is 10.3. The first kappa shape index (κ1) is 10.8. The van der Waals surface area contributed by atoms with Crippen molar-refractivity contribution in [2.45, 2.75) is 16.8 Å². The molecule has 0 aliphatic carbocycles. The van der Waals surface area contributed by atoms with E-state index in [9.17, 15) is 4.79 Å². The third-order valence-electron chi connectivity index (χ3n) is 1.97. The summed E-state index contributed by atoms with van der Waals surface area (Å²) in [6, 6.07) is 8.96. The Morgan fingerprint density at radius 2 is 2.12 bits per heavy atom. The first-order valence-electron chi connectivity index (χ1n) is 4.75. The molecule has 0 unspecified atom stereocenters. The fourth-order valence-corrected chi connectivity index (χ4v) is 2.20. The molecule has 0 spiro atoms. The monoisotopic (exact) mass is 233 g/mol. The van der Waals surface area contributed by atoms with Crippen LogP contribution in [0.15, 0.2) is 45.0 Å². The van der Waals surface area contributed by atoms with Crippen molar-refractivity contribution in [3.05, 3.63) is 46.5 Å².